The van der Waals surface area contributed by atoms with E-state index >= 15 is 0 Å². The fraction of sp³-hybridized carbons (Fsp3) is 0.333. The first-order valence-corrected chi connectivity index (χ1v) is 15.4. The number of methoxy groups -OCH3 is 2. The number of terminal acetylenes is 1. The van der Waals surface area contributed by atoms with Gasteiger partial charge in [-0.15, -0.1) is 12.8 Å². The van der Waals surface area contributed by atoms with Gasteiger partial charge >= 0.3 is 0 Å². The molecule has 4 nitrogen and oxygen atoms in total. The molecule has 0 fully saturated rings. The minimum Gasteiger partial charge on any atom is -0.495 e. The van der Waals surface area contributed by atoms with Crippen LogP contribution in [0, 0.1) is 12.8 Å². The van der Waals surface area contributed by atoms with Gasteiger partial charge in [0.15, 0.2) is 0 Å². The number of rotatable bonds is 5. The lowest BCUT2D eigenvalue weighted by molar-refractivity contribution is 0.410. The molecule has 0 saturated heterocycles. The molecule has 0 atom stereocenters. The number of fused-ring (bicyclic) bond motifs is 1. The molecule has 1 aliphatic carbocycles. The number of aliphatic imine (C=N–C) groups is 1. The summed E-state index contributed by atoms with van der Waals surface area (Å²) < 4.78 is 13.5. The third kappa shape index (κ3) is 7.07. The van der Waals surface area contributed by atoms with Gasteiger partial charge in [-0.05, 0) is 91.1 Å². The number of pyridine rings is 1. The molecule has 0 bridgehead atoms. The maximum absolute atomic E-state index is 5.83. The third-order valence-corrected chi connectivity index (χ3v) is 8.29. The van der Waals surface area contributed by atoms with E-state index in [0.29, 0.717) is 6.42 Å². The summed E-state index contributed by atoms with van der Waals surface area (Å²) in [6.45, 7) is 15.3. The Morgan fingerprint density at radius 3 is 2.00 bits per heavy atom. The SMILES string of the molecule is C#C.C/C=C(\N=C1CC=Cc2ccc(-c3cc(C(C)(C)C)cc(Br)c3OC)nc21)c1cc(C(C)(C)C)cc(Br)c1OC. The highest BCUT2D eigenvalue weighted by Gasteiger charge is 2.24. The van der Waals surface area contributed by atoms with Gasteiger partial charge in [0.05, 0.1) is 46.0 Å². The van der Waals surface area contributed by atoms with Gasteiger partial charge in [-0.1, -0.05) is 65.8 Å². The number of allylic oxidation sites excluding steroid dienone is 2. The van der Waals surface area contributed by atoms with Crippen LogP contribution >= 0.6 is 31.9 Å². The molecule has 6 heteroatoms. The summed E-state index contributed by atoms with van der Waals surface area (Å²) in [6, 6.07) is 12.8. The summed E-state index contributed by atoms with van der Waals surface area (Å²) in [5, 5.41) is 0. The van der Waals surface area contributed by atoms with Gasteiger partial charge < -0.3 is 9.47 Å². The van der Waals surface area contributed by atoms with Gasteiger partial charge in [0.2, 0.25) is 0 Å². The fourth-order valence-corrected chi connectivity index (χ4v) is 6.00. The highest BCUT2D eigenvalue weighted by Crippen LogP contribution is 2.42. The predicted octanol–water partition coefficient (Wildman–Crippen LogP) is 10.4. The second-order valence-corrected chi connectivity index (χ2v) is 13.8. The third-order valence-electron chi connectivity index (χ3n) is 7.12. The second-order valence-electron chi connectivity index (χ2n) is 12.1. The summed E-state index contributed by atoms with van der Waals surface area (Å²) >= 11 is 7.46. The Balaban J connectivity index is 0.00000237. The summed E-state index contributed by atoms with van der Waals surface area (Å²) in [4.78, 5) is 10.4. The predicted molar refractivity (Wildman–Crippen MR) is 186 cm³/mol. The Kier molecular flexibility index (Phi) is 10.7. The first-order chi connectivity index (χ1) is 19.8. The van der Waals surface area contributed by atoms with Crippen LogP contribution in [0.15, 0.2) is 62.5 Å². The van der Waals surface area contributed by atoms with Gasteiger partial charge in [-0.25, -0.2) is 4.98 Å². The van der Waals surface area contributed by atoms with E-state index in [1.54, 1.807) is 14.2 Å². The smallest absolute Gasteiger partial charge is 0.142 e. The molecule has 0 radical (unpaired) electrons. The van der Waals surface area contributed by atoms with E-state index in [4.69, 9.17) is 19.5 Å². The molecule has 0 unspecified atom stereocenters. The first kappa shape index (κ1) is 33.4. The van der Waals surface area contributed by atoms with Crippen LogP contribution in [0.1, 0.15) is 82.8 Å². The second kappa shape index (κ2) is 13.4. The molecule has 1 aromatic heterocycles. The maximum atomic E-state index is 5.83. The standard InChI is InChI=1S/C34H38Br2N2O2.C2H2/c1-10-27(23-16-21(33(2,3)4)18-25(35)31(23)39-8)37-29-13-11-12-20-14-15-28(38-30(20)29)24-17-22(34(5,6)7)19-26(36)32(24)40-9;1-2/h10-12,14-19H,13H2,1-9H3;1-2H/b27-10-,37-29?;. The van der Waals surface area contributed by atoms with E-state index in [1.165, 1.54) is 11.1 Å². The minimum atomic E-state index is -0.0267. The monoisotopic (exact) mass is 690 g/mol. The number of ether oxygens (including phenoxy) is 2. The van der Waals surface area contributed by atoms with Crippen molar-refractivity contribution in [3.05, 3.63) is 85.4 Å². The molecule has 220 valence electrons. The zero-order chi connectivity index (χ0) is 31.4. The molecule has 2 aromatic carbocycles. The van der Waals surface area contributed by atoms with Crippen molar-refractivity contribution in [2.24, 2.45) is 4.99 Å². The zero-order valence-electron chi connectivity index (χ0n) is 26.0. The molecular formula is C36H40Br2N2O2. The molecule has 1 aliphatic rings. The number of benzene rings is 2. The van der Waals surface area contributed by atoms with Crippen molar-refractivity contribution in [2.75, 3.05) is 14.2 Å². The number of aromatic nitrogens is 1. The van der Waals surface area contributed by atoms with E-state index in [0.717, 1.165) is 59.9 Å². The van der Waals surface area contributed by atoms with Crippen LogP contribution in [0.5, 0.6) is 11.5 Å². The lowest BCUT2D eigenvalue weighted by atomic mass is 9.85. The van der Waals surface area contributed by atoms with Crippen LogP contribution in [-0.4, -0.2) is 24.9 Å². The van der Waals surface area contributed by atoms with Crippen LogP contribution in [0.3, 0.4) is 0 Å². The largest absolute Gasteiger partial charge is 0.495 e. The van der Waals surface area contributed by atoms with Crippen LogP contribution in [0.2, 0.25) is 0 Å². The normalized spacial score (nSPS) is 14.2. The van der Waals surface area contributed by atoms with Crippen LogP contribution in [0.4, 0.5) is 0 Å². The lowest BCUT2D eigenvalue weighted by Gasteiger charge is -2.23. The first-order valence-electron chi connectivity index (χ1n) is 13.8. The molecule has 0 amide bonds. The van der Waals surface area contributed by atoms with Crippen LogP contribution in [-0.2, 0) is 10.8 Å². The van der Waals surface area contributed by atoms with Crippen LogP contribution < -0.4 is 9.47 Å². The molecular weight excluding hydrogens is 652 g/mol. The minimum absolute atomic E-state index is 0.0250. The summed E-state index contributed by atoms with van der Waals surface area (Å²) in [6.07, 6.45) is 15.0. The van der Waals surface area contributed by atoms with Gasteiger partial charge in [-0.2, -0.15) is 0 Å². The molecule has 0 spiro atoms. The summed E-state index contributed by atoms with van der Waals surface area (Å²) in [7, 11) is 3.40. The van der Waals surface area contributed by atoms with Crippen molar-refractivity contribution >= 4 is 49.3 Å². The van der Waals surface area contributed by atoms with Gasteiger partial charge in [-0.3, -0.25) is 4.99 Å². The number of halogens is 2. The van der Waals surface area contributed by atoms with Crippen molar-refractivity contribution in [3.63, 3.8) is 0 Å². The Bertz CT molecular complexity index is 1580. The maximum Gasteiger partial charge on any atom is 0.142 e. The Morgan fingerprint density at radius 1 is 0.881 bits per heavy atom. The molecule has 42 heavy (non-hydrogen) atoms. The summed E-state index contributed by atoms with van der Waals surface area (Å²) in [5.41, 5.74) is 8.80. The van der Waals surface area contributed by atoms with Crippen molar-refractivity contribution < 1.29 is 9.47 Å². The van der Waals surface area contributed by atoms with E-state index in [9.17, 15) is 0 Å². The van der Waals surface area contributed by atoms with E-state index in [-0.39, 0.29) is 10.8 Å². The van der Waals surface area contributed by atoms with E-state index in [2.05, 4.69) is 135 Å². The van der Waals surface area contributed by atoms with Crippen molar-refractivity contribution in [1.29, 1.82) is 0 Å². The van der Waals surface area contributed by atoms with Gasteiger partial charge in [0, 0.05) is 23.1 Å². The quantitative estimate of drug-likeness (QED) is 0.250. The van der Waals surface area contributed by atoms with Gasteiger partial charge in [0.25, 0.3) is 0 Å². The lowest BCUT2D eigenvalue weighted by Crippen LogP contribution is -2.13. The average molecular weight is 693 g/mol. The number of nitrogens with zero attached hydrogens (tertiary/aromatic N) is 2. The zero-order valence-corrected chi connectivity index (χ0v) is 29.2. The number of hydrogen-bond donors (Lipinski definition) is 0. The van der Waals surface area contributed by atoms with E-state index < -0.39 is 0 Å². The fourth-order valence-electron chi connectivity index (χ4n) is 4.75. The Labute approximate surface area is 268 Å². The molecule has 1 heterocycles. The van der Waals surface area contributed by atoms with Gasteiger partial charge in [0.1, 0.15) is 11.5 Å². The molecule has 4 rings (SSSR count). The van der Waals surface area contributed by atoms with Crippen molar-refractivity contribution in [3.8, 4) is 35.6 Å². The topological polar surface area (TPSA) is 43.7 Å². The highest BCUT2D eigenvalue weighted by atomic mass is 79.9. The Morgan fingerprint density at radius 2 is 1.45 bits per heavy atom. The van der Waals surface area contributed by atoms with E-state index in [1.807, 2.05) is 13.0 Å². The Hall–Kier alpha value is -3.14. The molecule has 0 N–H and O–H groups in total. The van der Waals surface area contributed by atoms with Crippen molar-refractivity contribution in [1.82, 2.24) is 4.98 Å². The highest BCUT2D eigenvalue weighted by molar-refractivity contribution is 9.11. The number of hydrogen-bond acceptors (Lipinski definition) is 4. The van der Waals surface area contributed by atoms with Crippen molar-refractivity contribution in [2.45, 2.75) is 65.7 Å². The van der Waals surface area contributed by atoms with Crippen LogP contribution in [0.25, 0.3) is 23.0 Å². The molecule has 0 aliphatic heterocycles. The average Bonchev–Trinajstić information content (AvgIpc) is 2.95. The summed E-state index contributed by atoms with van der Waals surface area (Å²) in [5.74, 6) is 1.54. The molecule has 0 saturated carbocycles. The molecule has 3 aromatic rings.